The van der Waals surface area contributed by atoms with Crippen molar-refractivity contribution in [1.29, 1.82) is 0 Å². The van der Waals surface area contributed by atoms with Crippen LogP contribution in [0.3, 0.4) is 0 Å². The van der Waals surface area contributed by atoms with Crippen LogP contribution in [0.4, 0.5) is 11.4 Å². The van der Waals surface area contributed by atoms with Crippen LogP contribution < -0.4 is 14.8 Å². The molecule has 2 aromatic carbocycles. The zero-order valence-electron chi connectivity index (χ0n) is 13.2. The van der Waals surface area contributed by atoms with E-state index in [9.17, 15) is 14.9 Å². The van der Waals surface area contributed by atoms with Gasteiger partial charge in [0.25, 0.3) is 5.69 Å². The average molecular weight is 363 g/mol. The summed E-state index contributed by atoms with van der Waals surface area (Å²) < 4.78 is 11.2. The van der Waals surface area contributed by atoms with Gasteiger partial charge in [-0.1, -0.05) is 11.6 Å². The summed E-state index contributed by atoms with van der Waals surface area (Å²) in [5.74, 6) is 1.08. The van der Waals surface area contributed by atoms with Crippen molar-refractivity contribution in [2.24, 2.45) is 0 Å². The van der Waals surface area contributed by atoms with Gasteiger partial charge in [-0.2, -0.15) is 0 Å². The van der Waals surface area contributed by atoms with Crippen LogP contribution in [0.1, 0.15) is 22.3 Å². The van der Waals surface area contributed by atoms with Crippen LogP contribution in [0.25, 0.3) is 0 Å². The van der Waals surface area contributed by atoms with E-state index in [2.05, 4.69) is 5.32 Å². The molecule has 0 saturated heterocycles. The number of nitrogens with one attached hydrogen (secondary N) is 1. The Morgan fingerprint density at radius 2 is 2.04 bits per heavy atom. The molecule has 0 fully saturated rings. The summed E-state index contributed by atoms with van der Waals surface area (Å²) in [6.45, 7) is 1.38. The van der Waals surface area contributed by atoms with E-state index in [1.807, 2.05) is 0 Å². The summed E-state index contributed by atoms with van der Waals surface area (Å²) >= 11 is 6.24. The zero-order valence-corrected chi connectivity index (χ0v) is 13.9. The molecule has 0 spiro atoms. The predicted octanol–water partition coefficient (Wildman–Crippen LogP) is 3.83. The second-order valence-corrected chi connectivity index (χ2v) is 5.87. The lowest BCUT2D eigenvalue weighted by molar-refractivity contribution is -0.384. The molecule has 0 amide bonds. The Morgan fingerprint density at radius 1 is 1.24 bits per heavy atom. The topological polar surface area (TPSA) is 90.7 Å². The van der Waals surface area contributed by atoms with Crippen LogP contribution in [0, 0.1) is 10.1 Å². The molecule has 0 saturated carbocycles. The van der Waals surface area contributed by atoms with E-state index in [0.717, 1.165) is 12.0 Å². The third kappa shape index (κ3) is 3.83. The number of ether oxygens (including phenoxy) is 2. The number of carbonyl (C=O) groups excluding carboxylic acids is 1. The smallest absolute Gasteiger partial charge is 0.293 e. The summed E-state index contributed by atoms with van der Waals surface area (Å²) in [6.07, 6.45) is 1.34. The molecule has 0 atom stereocenters. The van der Waals surface area contributed by atoms with Crippen LogP contribution >= 0.6 is 11.6 Å². The van der Waals surface area contributed by atoms with Gasteiger partial charge in [0.2, 0.25) is 0 Å². The molecule has 0 aromatic heterocycles. The number of anilines is 1. The van der Waals surface area contributed by atoms with Gasteiger partial charge in [-0.25, -0.2) is 0 Å². The number of halogens is 1. The molecule has 2 aromatic rings. The molecule has 8 heteroatoms. The maximum Gasteiger partial charge on any atom is 0.293 e. The molecular weight excluding hydrogens is 348 g/mol. The molecule has 1 heterocycles. The lowest BCUT2D eigenvalue weighted by atomic mass is 10.1. The van der Waals surface area contributed by atoms with Crippen molar-refractivity contribution in [2.75, 3.05) is 18.5 Å². The van der Waals surface area contributed by atoms with Gasteiger partial charge in [0, 0.05) is 24.6 Å². The van der Waals surface area contributed by atoms with Crippen LogP contribution in [0.2, 0.25) is 5.02 Å². The second-order valence-electron chi connectivity index (χ2n) is 5.46. The monoisotopic (exact) mass is 362 g/mol. The van der Waals surface area contributed by atoms with E-state index in [1.165, 1.54) is 18.2 Å². The van der Waals surface area contributed by atoms with Gasteiger partial charge >= 0.3 is 0 Å². The number of nitro groups is 1. The van der Waals surface area contributed by atoms with E-state index in [-0.39, 0.29) is 11.3 Å². The van der Waals surface area contributed by atoms with E-state index >= 15 is 0 Å². The lowest BCUT2D eigenvalue weighted by Gasteiger charge is -2.13. The SMILES string of the molecule is O=Cc1ccc(NCc2cc(Cl)c3c(c2)OCCCO3)c([N+](=O)[O-])c1. The van der Waals surface area contributed by atoms with Crippen molar-refractivity contribution in [1.82, 2.24) is 0 Å². The summed E-state index contributed by atoms with van der Waals surface area (Å²) in [7, 11) is 0. The number of nitrogens with zero attached hydrogens (tertiary/aromatic N) is 1. The molecule has 7 nitrogen and oxygen atoms in total. The fourth-order valence-electron chi connectivity index (χ4n) is 2.51. The fourth-order valence-corrected chi connectivity index (χ4v) is 2.79. The Bertz CT molecular complexity index is 825. The molecule has 0 aliphatic carbocycles. The van der Waals surface area contributed by atoms with E-state index < -0.39 is 4.92 Å². The molecule has 0 radical (unpaired) electrons. The minimum Gasteiger partial charge on any atom is -0.489 e. The molecule has 1 aliphatic heterocycles. The van der Waals surface area contributed by atoms with Crippen molar-refractivity contribution >= 4 is 29.3 Å². The number of fused-ring (bicyclic) bond motifs is 1. The maximum atomic E-state index is 11.2. The highest BCUT2D eigenvalue weighted by Crippen LogP contribution is 2.38. The third-order valence-corrected chi connectivity index (χ3v) is 3.98. The van der Waals surface area contributed by atoms with Crippen molar-refractivity contribution in [3.05, 3.63) is 56.6 Å². The van der Waals surface area contributed by atoms with Crippen molar-refractivity contribution in [3.63, 3.8) is 0 Å². The normalized spacial score (nSPS) is 13.0. The standard InChI is InChI=1S/C17H15ClN2O5/c18-13-6-12(8-16-17(13)25-5-1-4-24-16)9-19-14-3-2-11(10-21)7-15(14)20(22)23/h2-3,6-8,10,19H,1,4-5,9H2. The number of benzene rings is 2. The van der Waals surface area contributed by atoms with E-state index in [4.69, 9.17) is 21.1 Å². The van der Waals surface area contributed by atoms with Crippen LogP contribution in [0.5, 0.6) is 11.5 Å². The Balaban J connectivity index is 1.82. The molecule has 1 N–H and O–H groups in total. The van der Waals surface area contributed by atoms with Gasteiger partial charge in [0.1, 0.15) is 12.0 Å². The summed E-state index contributed by atoms with van der Waals surface area (Å²) in [5, 5.41) is 14.6. The Morgan fingerprint density at radius 3 is 2.80 bits per heavy atom. The lowest BCUT2D eigenvalue weighted by Crippen LogP contribution is -2.04. The molecule has 3 rings (SSSR count). The number of aldehydes is 1. The largest absolute Gasteiger partial charge is 0.489 e. The van der Waals surface area contributed by atoms with Gasteiger partial charge in [0.15, 0.2) is 11.5 Å². The molecule has 0 bridgehead atoms. The Kier molecular flexibility index (Phi) is 5.04. The first-order valence-electron chi connectivity index (χ1n) is 7.64. The minimum absolute atomic E-state index is 0.162. The van der Waals surface area contributed by atoms with E-state index in [1.54, 1.807) is 12.1 Å². The number of nitro benzene ring substituents is 1. The summed E-state index contributed by atoms with van der Waals surface area (Å²) in [6, 6.07) is 7.78. The molecule has 0 unspecified atom stereocenters. The molecule has 1 aliphatic rings. The summed E-state index contributed by atoms with van der Waals surface area (Å²) in [4.78, 5) is 21.4. The Hall–Kier alpha value is -2.80. The number of hydrogen-bond acceptors (Lipinski definition) is 6. The number of hydrogen-bond donors (Lipinski definition) is 1. The van der Waals surface area contributed by atoms with Gasteiger partial charge in [0.05, 0.1) is 23.2 Å². The first-order valence-corrected chi connectivity index (χ1v) is 8.02. The summed E-state index contributed by atoms with van der Waals surface area (Å²) in [5.41, 5.74) is 1.20. The Labute approximate surface area is 148 Å². The van der Waals surface area contributed by atoms with Gasteiger partial charge in [-0.3, -0.25) is 14.9 Å². The number of carbonyl (C=O) groups is 1. The first kappa shape index (κ1) is 17.0. The number of rotatable bonds is 5. The quantitative estimate of drug-likeness (QED) is 0.493. The molecular formula is C17H15ClN2O5. The highest BCUT2D eigenvalue weighted by atomic mass is 35.5. The first-order chi connectivity index (χ1) is 12.1. The van der Waals surface area contributed by atoms with Gasteiger partial charge < -0.3 is 14.8 Å². The molecule has 130 valence electrons. The minimum atomic E-state index is -0.531. The highest BCUT2D eigenvalue weighted by molar-refractivity contribution is 6.32. The maximum absolute atomic E-state index is 11.2. The van der Waals surface area contributed by atoms with Crippen molar-refractivity contribution in [3.8, 4) is 11.5 Å². The fraction of sp³-hybridized carbons (Fsp3) is 0.235. The van der Waals surface area contributed by atoms with Gasteiger partial charge in [-0.05, 0) is 29.8 Å². The van der Waals surface area contributed by atoms with Crippen molar-refractivity contribution in [2.45, 2.75) is 13.0 Å². The molecule has 25 heavy (non-hydrogen) atoms. The second kappa shape index (κ2) is 7.40. The van der Waals surface area contributed by atoms with Gasteiger partial charge in [-0.15, -0.1) is 0 Å². The average Bonchev–Trinajstić information content (AvgIpc) is 2.85. The third-order valence-electron chi connectivity index (χ3n) is 3.70. The van der Waals surface area contributed by atoms with Crippen molar-refractivity contribution < 1.29 is 19.2 Å². The van der Waals surface area contributed by atoms with E-state index in [0.29, 0.717) is 48.3 Å². The van der Waals surface area contributed by atoms with Crippen LogP contribution in [-0.2, 0) is 6.54 Å². The predicted molar refractivity (Wildman–Crippen MR) is 92.9 cm³/mol. The van der Waals surface area contributed by atoms with Crippen LogP contribution in [0.15, 0.2) is 30.3 Å². The zero-order chi connectivity index (χ0) is 17.8. The highest BCUT2D eigenvalue weighted by Gasteiger charge is 2.17. The van der Waals surface area contributed by atoms with Crippen LogP contribution in [-0.4, -0.2) is 24.4 Å².